The van der Waals surface area contributed by atoms with Crippen LogP contribution >= 0.6 is 0 Å². The van der Waals surface area contributed by atoms with Crippen LogP contribution in [0.25, 0.3) is 0 Å². The molecule has 0 heterocycles. The number of nitrogens with one attached hydrogen (secondary N) is 2. The molecule has 0 rings (SSSR count). The van der Waals surface area contributed by atoms with Crippen molar-refractivity contribution in [2.24, 2.45) is 0 Å². The van der Waals surface area contributed by atoms with Crippen molar-refractivity contribution in [2.45, 2.75) is 39.3 Å². The van der Waals surface area contributed by atoms with Gasteiger partial charge in [0.2, 0.25) is 5.91 Å². The molecule has 5 heteroatoms. The van der Waals surface area contributed by atoms with E-state index in [9.17, 15) is 9.59 Å². The van der Waals surface area contributed by atoms with Gasteiger partial charge in [-0.25, -0.2) is 0 Å². The van der Waals surface area contributed by atoms with Gasteiger partial charge in [0, 0.05) is 6.04 Å². The molecule has 0 aromatic heterocycles. The lowest BCUT2D eigenvalue weighted by Crippen LogP contribution is -2.44. The summed E-state index contributed by atoms with van der Waals surface area (Å²) in [6.07, 6.45) is 0.887. The van der Waals surface area contributed by atoms with Gasteiger partial charge in [-0.15, -0.1) is 0 Å². The van der Waals surface area contributed by atoms with Crippen molar-refractivity contribution in [3.05, 3.63) is 0 Å². The molecule has 88 valence electrons. The van der Waals surface area contributed by atoms with Crippen molar-refractivity contribution in [1.29, 1.82) is 0 Å². The van der Waals surface area contributed by atoms with E-state index in [1.54, 1.807) is 6.92 Å². The molecule has 0 aliphatic carbocycles. The summed E-state index contributed by atoms with van der Waals surface area (Å²) in [6, 6.07) is -0.301. The van der Waals surface area contributed by atoms with Crippen LogP contribution in [0.2, 0.25) is 0 Å². The quantitative estimate of drug-likeness (QED) is 0.616. The van der Waals surface area contributed by atoms with Gasteiger partial charge in [0.1, 0.15) is 6.04 Å². The predicted molar refractivity (Wildman–Crippen MR) is 57.4 cm³/mol. The fourth-order valence-electron chi connectivity index (χ4n) is 0.934. The lowest BCUT2D eigenvalue weighted by atomic mass is 10.2. The first-order valence-corrected chi connectivity index (χ1v) is 5.11. The second-order valence-electron chi connectivity index (χ2n) is 3.50. The largest absolute Gasteiger partial charge is 0.468 e. The number of carbonyl (C=O) groups excluding carboxylic acids is 2. The number of hydrogen-bond donors (Lipinski definition) is 2. The standard InChI is InChI=1S/C10H20N2O3/c1-5-7(2)12-9(13)6-11-8(3)10(14)15-4/h7-8,11H,5-6H2,1-4H3,(H,12,13). The van der Waals surface area contributed by atoms with E-state index in [1.807, 2.05) is 13.8 Å². The van der Waals surface area contributed by atoms with Crippen molar-refractivity contribution in [2.75, 3.05) is 13.7 Å². The van der Waals surface area contributed by atoms with Gasteiger partial charge in [-0.05, 0) is 20.3 Å². The van der Waals surface area contributed by atoms with E-state index in [1.165, 1.54) is 7.11 Å². The second kappa shape index (κ2) is 7.23. The van der Waals surface area contributed by atoms with E-state index in [0.29, 0.717) is 0 Å². The van der Waals surface area contributed by atoms with E-state index in [0.717, 1.165) is 6.42 Å². The smallest absolute Gasteiger partial charge is 0.322 e. The lowest BCUT2D eigenvalue weighted by Gasteiger charge is -2.14. The molecule has 0 aromatic carbocycles. The fraction of sp³-hybridized carbons (Fsp3) is 0.800. The highest BCUT2D eigenvalue weighted by Crippen LogP contribution is 1.88. The zero-order valence-electron chi connectivity index (χ0n) is 9.79. The number of methoxy groups -OCH3 is 1. The van der Waals surface area contributed by atoms with Gasteiger partial charge >= 0.3 is 5.97 Å². The normalized spacial score (nSPS) is 14.1. The van der Waals surface area contributed by atoms with E-state index in [4.69, 9.17) is 0 Å². The Balaban J connectivity index is 3.75. The molecule has 0 aliphatic heterocycles. The molecule has 2 atom stereocenters. The number of hydrogen-bond acceptors (Lipinski definition) is 4. The summed E-state index contributed by atoms with van der Waals surface area (Å²) in [6.45, 7) is 5.71. The fourth-order valence-corrected chi connectivity index (χ4v) is 0.934. The van der Waals surface area contributed by atoms with Crippen molar-refractivity contribution < 1.29 is 14.3 Å². The van der Waals surface area contributed by atoms with Gasteiger partial charge in [-0.2, -0.15) is 0 Å². The third kappa shape index (κ3) is 6.06. The summed E-state index contributed by atoms with van der Waals surface area (Å²) in [5.74, 6) is -0.480. The van der Waals surface area contributed by atoms with Crippen LogP contribution in [0.4, 0.5) is 0 Å². The van der Waals surface area contributed by atoms with Crippen molar-refractivity contribution >= 4 is 11.9 Å². The Hall–Kier alpha value is -1.10. The summed E-state index contributed by atoms with van der Waals surface area (Å²) in [7, 11) is 1.32. The maximum absolute atomic E-state index is 11.3. The van der Waals surface area contributed by atoms with E-state index >= 15 is 0 Å². The molecule has 1 amide bonds. The molecule has 0 fully saturated rings. The first-order valence-electron chi connectivity index (χ1n) is 5.11. The Morgan fingerprint density at radius 1 is 1.33 bits per heavy atom. The molecule has 15 heavy (non-hydrogen) atoms. The predicted octanol–water partition coefficient (Wildman–Crippen LogP) is 0.0522. The molecule has 0 saturated carbocycles. The zero-order valence-corrected chi connectivity index (χ0v) is 9.79. The van der Waals surface area contributed by atoms with E-state index in [-0.39, 0.29) is 24.5 Å². The second-order valence-corrected chi connectivity index (χ2v) is 3.50. The summed E-state index contributed by atoms with van der Waals surface area (Å²) < 4.78 is 4.51. The number of ether oxygens (including phenoxy) is 1. The molecule has 0 spiro atoms. The maximum atomic E-state index is 11.3. The monoisotopic (exact) mass is 216 g/mol. The van der Waals surface area contributed by atoms with Gasteiger partial charge in [0.15, 0.2) is 0 Å². The van der Waals surface area contributed by atoms with Crippen LogP contribution in [-0.2, 0) is 14.3 Å². The minimum Gasteiger partial charge on any atom is -0.468 e. The van der Waals surface area contributed by atoms with Gasteiger partial charge in [0.25, 0.3) is 0 Å². The van der Waals surface area contributed by atoms with Crippen molar-refractivity contribution in [1.82, 2.24) is 10.6 Å². The number of esters is 1. The zero-order chi connectivity index (χ0) is 11.8. The lowest BCUT2D eigenvalue weighted by molar-refractivity contribution is -0.142. The molecule has 0 aromatic rings. The average Bonchev–Trinajstić information content (AvgIpc) is 2.24. The minimum absolute atomic E-state index is 0.111. The van der Waals surface area contributed by atoms with Crippen LogP contribution < -0.4 is 10.6 Å². The van der Waals surface area contributed by atoms with Crippen molar-refractivity contribution in [3.63, 3.8) is 0 Å². The van der Waals surface area contributed by atoms with Crippen LogP contribution in [0.5, 0.6) is 0 Å². The molecule has 0 bridgehead atoms. The van der Waals surface area contributed by atoms with Crippen molar-refractivity contribution in [3.8, 4) is 0 Å². The highest BCUT2D eigenvalue weighted by atomic mass is 16.5. The average molecular weight is 216 g/mol. The number of amides is 1. The molecular weight excluding hydrogens is 196 g/mol. The molecule has 2 N–H and O–H groups in total. The molecule has 5 nitrogen and oxygen atoms in total. The Morgan fingerprint density at radius 3 is 2.40 bits per heavy atom. The Morgan fingerprint density at radius 2 is 1.93 bits per heavy atom. The summed E-state index contributed by atoms with van der Waals surface area (Å²) in [5.41, 5.74) is 0. The van der Waals surface area contributed by atoms with Crippen LogP contribution in [0, 0.1) is 0 Å². The molecular formula is C10H20N2O3. The van der Waals surface area contributed by atoms with E-state index < -0.39 is 6.04 Å². The highest BCUT2D eigenvalue weighted by molar-refractivity contribution is 5.80. The minimum atomic E-state index is -0.460. The third-order valence-electron chi connectivity index (χ3n) is 2.14. The summed E-state index contributed by atoms with van der Waals surface area (Å²) in [4.78, 5) is 22.3. The van der Waals surface area contributed by atoms with Gasteiger partial charge in [0.05, 0.1) is 13.7 Å². The van der Waals surface area contributed by atoms with Gasteiger partial charge in [-0.1, -0.05) is 6.92 Å². The number of rotatable bonds is 6. The van der Waals surface area contributed by atoms with Gasteiger partial charge < -0.3 is 10.1 Å². The first kappa shape index (κ1) is 13.9. The SMILES string of the molecule is CCC(C)NC(=O)CNC(C)C(=O)OC. The summed E-state index contributed by atoms with van der Waals surface area (Å²) >= 11 is 0. The van der Waals surface area contributed by atoms with Gasteiger partial charge in [-0.3, -0.25) is 14.9 Å². The van der Waals surface area contributed by atoms with Crippen LogP contribution in [0.1, 0.15) is 27.2 Å². The Labute approximate surface area is 90.6 Å². The highest BCUT2D eigenvalue weighted by Gasteiger charge is 2.13. The van der Waals surface area contributed by atoms with Crippen LogP contribution in [0.3, 0.4) is 0 Å². The Kier molecular flexibility index (Phi) is 6.70. The van der Waals surface area contributed by atoms with Crippen LogP contribution in [-0.4, -0.2) is 37.6 Å². The molecule has 0 saturated heterocycles. The third-order valence-corrected chi connectivity index (χ3v) is 2.14. The first-order chi connectivity index (χ1) is 7.01. The summed E-state index contributed by atoms with van der Waals surface area (Å²) in [5, 5.41) is 5.56. The Bertz CT molecular complexity index is 219. The molecule has 2 unspecified atom stereocenters. The number of carbonyl (C=O) groups is 2. The maximum Gasteiger partial charge on any atom is 0.322 e. The van der Waals surface area contributed by atoms with E-state index in [2.05, 4.69) is 15.4 Å². The molecule has 0 aliphatic rings. The van der Waals surface area contributed by atoms with Crippen LogP contribution in [0.15, 0.2) is 0 Å². The molecule has 0 radical (unpaired) electrons. The topological polar surface area (TPSA) is 67.4 Å².